The van der Waals surface area contributed by atoms with Crippen LogP contribution in [0.4, 0.5) is 11.4 Å². The van der Waals surface area contributed by atoms with E-state index in [-0.39, 0.29) is 36.8 Å². The zero-order valence-electron chi connectivity index (χ0n) is 28.0. The fourth-order valence-electron chi connectivity index (χ4n) is 8.80. The van der Waals surface area contributed by atoms with E-state index in [1.165, 1.54) is 0 Å². The fourth-order valence-corrected chi connectivity index (χ4v) is 11.4. The van der Waals surface area contributed by atoms with Gasteiger partial charge >= 0.3 is 0 Å². The Bertz CT molecular complexity index is 1740. The van der Waals surface area contributed by atoms with Crippen LogP contribution in [0.3, 0.4) is 0 Å². The zero-order chi connectivity index (χ0) is 33.8. The molecule has 5 atom stereocenters. The van der Waals surface area contributed by atoms with Crippen LogP contribution in [-0.4, -0.2) is 66.1 Å². The molecule has 2 saturated heterocycles. The number of piperidine rings is 1. The number of carbonyl (C=O) groups excluding carboxylic acids is 3. The number of nitrogens with zero attached hydrogens (tertiary/aromatic N) is 3. The topological polar surface area (TPSA) is 111 Å². The van der Waals surface area contributed by atoms with Gasteiger partial charge in [-0.25, -0.2) is 0 Å². The summed E-state index contributed by atoms with van der Waals surface area (Å²) < 4.78 is 6.92. The number of amides is 3. The molecular formula is C38H45N3O6Si. The number of hydrogen-bond acceptors (Lipinski definition) is 6. The van der Waals surface area contributed by atoms with Crippen LogP contribution in [0.25, 0.3) is 0 Å². The molecule has 3 amide bonds. The van der Waals surface area contributed by atoms with Gasteiger partial charge in [-0.2, -0.15) is 0 Å². The monoisotopic (exact) mass is 667 g/mol. The van der Waals surface area contributed by atoms with Crippen LogP contribution in [0.15, 0.2) is 72.8 Å². The molecule has 4 aliphatic heterocycles. The van der Waals surface area contributed by atoms with Crippen molar-refractivity contribution in [2.45, 2.75) is 88.5 Å². The number of para-hydroxylation sites is 1. The third-order valence-electron chi connectivity index (χ3n) is 11.0. The maximum Gasteiger partial charge on any atom is 0.264 e. The van der Waals surface area contributed by atoms with Gasteiger partial charge < -0.3 is 29.3 Å². The first-order valence-corrected chi connectivity index (χ1v) is 20.2. The second kappa shape index (κ2) is 12.6. The molecule has 0 bridgehead atoms. The highest BCUT2D eigenvalue weighted by Gasteiger charge is 2.66. The van der Waals surface area contributed by atoms with Gasteiger partial charge in [0.1, 0.15) is 0 Å². The fraction of sp³-hybridized carbons (Fsp3) is 0.447. The second-order valence-electron chi connectivity index (χ2n) is 14.5. The van der Waals surface area contributed by atoms with Gasteiger partial charge in [0.05, 0.1) is 37.4 Å². The van der Waals surface area contributed by atoms with Crippen LogP contribution in [0.2, 0.25) is 18.6 Å². The number of hydrogen-bond donors (Lipinski definition) is 2. The molecule has 9 nitrogen and oxygen atoms in total. The number of benzene rings is 3. The van der Waals surface area contributed by atoms with E-state index >= 15 is 0 Å². The van der Waals surface area contributed by atoms with Crippen molar-refractivity contribution in [2.24, 2.45) is 5.92 Å². The summed E-state index contributed by atoms with van der Waals surface area (Å²) in [6, 6.07) is 23.2. The molecule has 7 rings (SSSR count). The Morgan fingerprint density at radius 1 is 1.00 bits per heavy atom. The summed E-state index contributed by atoms with van der Waals surface area (Å²) >= 11 is 0. The number of aliphatic hydroxyl groups is 1. The summed E-state index contributed by atoms with van der Waals surface area (Å²) in [6.45, 7) is 6.93. The first kappa shape index (κ1) is 32.7. The first-order valence-electron chi connectivity index (χ1n) is 17.2. The van der Waals surface area contributed by atoms with E-state index in [9.17, 15) is 24.3 Å². The van der Waals surface area contributed by atoms with Crippen LogP contribution >= 0.6 is 0 Å². The Labute approximate surface area is 283 Å². The molecule has 2 fully saturated rings. The van der Waals surface area contributed by atoms with Gasteiger partial charge in [-0.15, -0.1) is 0 Å². The first-order chi connectivity index (χ1) is 23.0. The molecule has 4 heterocycles. The number of anilines is 2. The van der Waals surface area contributed by atoms with Crippen LogP contribution in [0.5, 0.6) is 0 Å². The molecule has 1 spiro atoms. The van der Waals surface area contributed by atoms with E-state index in [2.05, 4.69) is 0 Å². The predicted octanol–water partition coefficient (Wildman–Crippen LogP) is 4.88. The maximum absolute atomic E-state index is 14.8. The van der Waals surface area contributed by atoms with Crippen LogP contribution < -0.4 is 9.80 Å². The summed E-state index contributed by atoms with van der Waals surface area (Å²) in [5, 5.41) is 10.3. The SMILES string of the molecule is C[C@@H]1[C@@H]([Si](C)(C)O)[C@H](CC(=O)N2Cc3ccccc3C[C@H]2CO)O[C@@]12C(=O)N(Cc1cccc(N3CCCCC3=O)c1)c1ccccc12. The standard InChI is InChI=1S/C38H45N3O6Si/c1-25-36(48(2,3)46)33(21-35(44)40-23-28-13-5-4-12-27(28)20-30(40)24-42)47-38(25)31-15-6-7-16-32(31)41(37(38)45)22-26-11-10-14-29(19-26)39-18-9-8-17-34(39)43/h4-7,10-16,19,25,30,33,36,42,46H,8-9,17-18,20-24H2,1-3H3/t25-,30+,33+,36-,38+/m1/s1. The van der Waals surface area contributed by atoms with E-state index in [1.807, 2.05) is 97.7 Å². The summed E-state index contributed by atoms with van der Waals surface area (Å²) in [5.41, 5.74) is 3.69. The van der Waals surface area contributed by atoms with E-state index in [1.54, 1.807) is 9.80 Å². The highest BCUT2D eigenvalue weighted by molar-refractivity contribution is 6.71. The lowest BCUT2D eigenvalue weighted by Crippen LogP contribution is -2.48. The van der Waals surface area contributed by atoms with Crippen molar-refractivity contribution < 1.29 is 29.0 Å². The number of fused-ring (bicyclic) bond motifs is 3. The highest BCUT2D eigenvalue weighted by Crippen LogP contribution is 2.59. The average molecular weight is 668 g/mol. The Morgan fingerprint density at radius 2 is 1.75 bits per heavy atom. The van der Waals surface area contributed by atoms with Crippen molar-refractivity contribution in [1.29, 1.82) is 0 Å². The van der Waals surface area contributed by atoms with Crippen molar-refractivity contribution in [3.8, 4) is 0 Å². The normalized spacial score (nSPS) is 27.1. The van der Waals surface area contributed by atoms with Crippen molar-refractivity contribution in [1.82, 2.24) is 4.90 Å². The van der Waals surface area contributed by atoms with Crippen LogP contribution in [0, 0.1) is 5.92 Å². The largest absolute Gasteiger partial charge is 0.432 e. The van der Waals surface area contributed by atoms with Gasteiger partial charge in [0.2, 0.25) is 11.8 Å². The molecule has 0 unspecified atom stereocenters. The molecule has 0 aromatic heterocycles. The molecule has 3 aromatic rings. The quantitative estimate of drug-likeness (QED) is 0.348. The highest BCUT2D eigenvalue weighted by atomic mass is 28.4. The molecular weight excluding hydrogens is 623 g/mol. The van der Waals surface area contributed by atoms with Crippen molar-refractivity contribution in [3.63, 3.8) is 0 Å². The van der Waals surface area contributed by atoms with Crippen molar-refractivity contribution in [3.05, 3.63) is 95.1 Å². The molecule has 48 heavy (non-hydrogen) atoms. The predicted molar refractivity (Wildman–Crippen MR) is 186 cm³/mol. The minimum absolute atomic E-state index is 0.00771. The van der Waals surface area contributed by atoms with Gasteiger partial charge in [0, 0.05) is 42.2 Å². The van der Waals surface area contributed by atoms with E-state index in [0.29, 0.717) is 32.5 Å². The molecule has 252 valence electrons. The summed E-state index contributed by atoms with van der Waals surface area (Å²) in [7, 11) is -2.98. The molecule has 0 aliphatic carbocycles. The lowest BCUT2D eigenvalue weighted by Gasteiger charge is -2.37. The summed E-state index contributed by atoms with van der Waals surface area (Å²) in [6.07, 6.45) is 2.31. The van der Waals surface area contributed by atoms with Crippen molar-refractivity contribution in [2.75, 3.05) is 23.0 Å². The number of rotatable bonds is 7. The van der Waals surface area contributed by atoms with Gasteiger partial charge in [-0.3, -0.25) is 14.4 Å². The Balaban J connectivity index is 1.19. The molecule has 4 aliphatic rings. The van der Waals surface area contributed by atoms with Crippen molar-refractivity contribution >= 4 is 37.4 Å². The van der Waals surface area contributed by atoms with Gasteiger partial charge in [0.25, 0.3) is 5.91 Å². The number of carbonyl (C=O) groups is 3. The maximum atomic E-state index is 14.8. The Morgan fingerprint density at radius 3 is 2.50 bits per heavy atom. The molecule has 2 N–H and O–H groups in total. The lowest BCUT2D eigenvalue weighted by molar-refractivity contribution is -0.151. The Hall–Kier alpha value is -3.83. The Kier molecular flexibility index (Phi) is 8.56. The van der Waals surface area contributed by atoms with E-state index in [0.717, 1.165) is 46.5 Å². The molecule has 0 radical (unpaired) electrons. The number of ether oxygens (including phenoxy) is 1. The van der Waals surface area contributed by atoms with E-state index < -0.39 is 31.5 Å². The molecule has 3 aromatic carbocycles. The second-order valence-corrected chi connectivity index (χ2v) is 18.4. The minimum atomic E-state index is -2.98. The third kappa shape index (κ3) is 5.48. The minimum Gasteiger partial charge on any atom is -0.432 e. The van der Waals surface area contributed by atoms with Crippen LogP contribution in [-0.2, 0) is 44.2 Å². The van der Waals surface area contributed by atoms with E-state index in [4.69, 9.17) is 4.74 Å². The van der Waals surface area contributed by atoms with Gasteiger partial charge in [0.15, 0.2) is 13.9 Å². The molecule has 10 heteroatoms. The smallest absolute Gasteiger partial charge is 0.264 e. The van der Waals surface area contributed by atoms with Gasteiger partial charge in [-0.1, -0.05) is 61.5 Å². The third-order valence-corrected chi connectivity index (χ3v) is 13.5. The van der Waals surface area contributed by atoms with Crippen LogP contribution in [0.1, 0.15) is 54.9 Å². The average Bonchev–Trinajstić information content (AvgIpc) is 3.50. The van der Waals surface area contributed by atoms with Gasteiger partial charge in [-0.05, 0) is 67.2 Å². The molecule has 0 saturated carbocycles. The lowest BCUT2D eigenvalue weighted by atomic mass is 9.82. The summed E-state index contributed by atoms with van der Waals surface area (Å²) in [4.78, 5) is 58.6. The summed E-state index contributed by atoms with van der Waals surface area (Å²) in [5.74, 6) is -0.627. The number of aliphatic hydroxyl groups excluding tert-OH is 1. The zero-order valence-corrected chi connectivity index (χ0v) is 29.0.